The van der Waals surface area contributed by atoms with Crippen molar-refractivity contribution in [2.75, 3.05) is 51.3 Å². The molecule has 2 saturated heterocycles. The molecule has 1 amide bonds. The zero-order chi connectivity index (χ0) is 32.6. The molecule has 7 nitrogen and oxygen atoms in total. The number of aryl methyl sites for hydroxylation is 1. The Morgan fingerprint density at radius 3 is 2.60 bits per heavy atom. The van der Waals surface area contributed by atoms with Gasteiger partial charge in [-0.25, -0.2) is 4.39 Å². The SMILES string of the molecule is COc1cc(N2CCC3(CC2)CC(CN2CCC4(CC2)COc2cc5c(cc24)CNC5=O)C3)c(F)cc1[C@H]1CCCc2cc(O)ccc21. The molecule has 2 spiro atoms. The van der Waals surface area contributed by atoms with Gasteiger partial charge in [0.25, 0.3) is 5.91 Å². The van der Waals surface area contributed by atoms with E-state index >= 15 is 4.39 Å². The molecule has 3 aromatic carbocycles. The number of methoxy groups -OCH3 is 1. The fourth-order valence-corrected chi connectivity index (χ4v) is 10.3. The maximum Gasteiger partial charge on any atom is 0.252 e. The number of benzene rings is 3. The standard InChI is InChI=1S/C40H46FN3O4/c1-47-36-19-35(34(41)17-32(36)30-4-2-3-26-15-28(45)5-6-29(26)30)44-13-7-39(8-14-44)20-25(21-39)23-43-11-9-40(10-12-43)24-48-37-18-31-27(16-33(37)40)22-42-38(31)46/h5-6,15-19,25,30,45H,2-4,7-14,20-24H2,1H3,(H,42,46)/t30-/m0/s1. The van der Waals surface area contributed by atoms with Gasteiger partial charge >= 0.3 is 0 Å². The molecular weight excluding hydrogens is 605 g/mol. The van der Waals surface area contributed by atoms with E-state index in [4.69, 9.17) is 9.47 Å². The van der Waals surface area contributed by atoms with Gasteiger partial charge in [0, 0.05) is 60.3 Å². The van der Waals surface area contributed by atoms with Crippen molar-refractivity contribution in [1.82, 2.24) is 10.2 Å². The van der Waals surface area contributed by atoms with Crippen LogP contribution in [0.1, 0.15) is 95.5 Å². The van der Waals surface area contributed by atoms with Crippen molar-refractivity contribution >= 4 is 11.6 Å². The zero-order valence-corrected chi connectivity index (χ0v) is 28.0. The largest absolute Gasteiger partial charge is 0.508 e. The molecule has 3 aromatic rings. The lowest BCUT2D eigenvalue weighted by molar-refractivity contribution is -0.000727. The van der Waals surface area contributed by atoms with Gasteiger partial charge in [0.2, 0.25) is 0 Å². The molecule has 2 aliphatic carbocycles. The summed E-state index contributed by atoms with van der Waals surface area (Å²) >= 11 is 0. The molecule has 9 rings (SSSR count). The minimum absolute atomic E-state index is 0.0162. The summed E-state index contributed by atoms with van der Waals surface area (Å²) in [6.07, 6.45) is 9.91. The normalized spacial score (nSPS) is 24.1. The third-order valence-corrected chi connectivity index (χ3v) is 13.0. The summed E-state index contributed by atoms with van der Waals surface area (Å²) in [5.41, 5.74) is 7.59. The summed E-state index contributed by atoms with van der Waals surface area (Å²) < 4.78 is 27.9. The second-order valence-corrected chi connectivity index (χ2v) is 15.7. The number of ether oxygens (including phenoxy) is 2. The third kappa shape index (κ3) is 4.96. The molecule has 48 heavy (non-hydrogen) atoms. The van der Waals surface area contributed by atoms with E-state index in [1.165, 1.54) is 30.5 Å². The minimum atomic E-state index is -0.160. The maximum absolute atomic E-state index is 15.9. The van der Waals surface area contributed by atoms with Crippen LogP contribution >= 0.6 is 0 Å². The zero-order valence-electron chi connectivity index (χ0n) is 28.0. The quantitative estimate of drug-likeness (QED) is 0.321. The Hall–Kier alpha value is -3.78. The van der Waals surface area contributed by atoms with Crippen LogP contribution in [0.2, 0.25) is 0 Å². The van der Waals surface area contributed by atoms with E-state index in [0.717, 1.165) is 117 Å². The van der Waals surface area contributed by atoms with Gasteiger partial charge in [0.1, 0.15) is 23.1 Å². The van der Waals surface area contributed by atoms with Crippen LogP contribution in [0.15, 0.2) is 42.5 Å². The molecule has 0 bridgehead atoms. The Morgan fingerprint density at radius 1 is 1.00 bits per heavy atom. The molecular formula is C40H46FN3O4. The highest BCUT2D eigenvalue weighted by Crippen LogP contribution is 2.54. The lowest BCUT2D eigenvalue weighted by Gasteiger charge is -2.54. The van der Waals surface area contributed by atoms with Gasteiger partial charge in [-0.3, -0.25) is 4.79 Å². The van der Waals surface area contributed by atoms with Crippen LogP contribution < -0.4 is 19.7 Å². The molecule has 1 saturated carbocycles. The smallest absolute Gasteiger partial charge is 0.252 e. The predicted octanol–water partition coefficient (Wildman–Crippen LogP) is 6.67. The van der Waals surface area contributed by atoms with Crippen molar-refractivity contribution in [3.8, 4) is 17.2 Å². The van der Waals surface area contributed by atoms with Crippen molar-refractivity contribution in [2.45, 2.75) is 75.7 Å². The molecule has 1 atom stereocenters. The highest BCUT2D eigenvalue weighted by atomic mass is 19.1. The average Bonchev–Trinajstić information content (AvgIpc) is 3.63. The van der Waals surface area contributed by atoms with E-state index in [2.05, 4.69) is 21.2 Å². The van der Waals surface area contributed by atoms with Gasteiger partial charge in [-0.15, -0.1) is 0 Å². The van der Waals surface area contributed by atoms with Gasteiger partial charge < -0.3 is 29.7 Å². The Morgan fingerprint density at radius 2 is 1.81 bits per heavy atom. The average molecular weight is 652 g/mol. The molecule has 2 N–H and O–H groups in total. The van der Waals surface area contributed by atoms with Gasteiger partial charge in [-0.05, 0) is 129 Å². The maximum atomic E-state index is 15.9. The fraction of sp³-hybridized carbons (Fsp3) is 0.525. The van der Waals surface area contributed by atoms with E-state index in [1.807, 2.05) is 24.3 Å². The number of hydrogen-bond acceptors (Lipinski definition) is 6. The van der Waals surface area contributed by atoms with Gasteiger partial charge in [0.05, 0.1) is 19.4 Å². The van der Waals surface area contributed by atoms with Crippen molar-refractivity contribution < 1.29 is 23.8 Å². The number of carbonyl (C=O) groups excluding carboxylic acids is 1. The van der Waals surface area contributed by atoms with E-state index in [9.17, 15) is 9.90 Å². The number of nitrogens with zero attached hydrogens (tertiary/aromatic N) is 2. The number of amides is 1. The van der Waals surface area contributed by atoms with Crippen molar-refractivity contribution in [1.29, 1.82) is 0 Å². The second kappa shape index (κ2) is 11.4. The van der Waals surface area contributed by atoms with Crippen LogP contribution in [-0.4, -0.2) is 62.4 Å². The molecule has 3 fully saturated rings. The summed E-state index contributed by atoms with van der Waals surface area (Å²) in [6, 6.07) is 13.5. The van der Waals surface area contributed by atoms with Crippen LogP contribution in [0, 0.1) is 17.2 Å². The number of carbonyl (C=O) groups is 1. The van der Waals surface area contributed by atoms with E-state index in [-0.39, 0.29) is 28.8 Å². The van der Waals surface area contributed by atoms with Crippen molar-refractivity contribution in [3.63, 3.8) is 0 Å². The predicted molar refractivity (Wildman–Crippen MR) is 183 cm³/mol. The Bertz CT molecular complexity index is 1770. The first kappa shape index (κ1) is 30.3. The highest BCUT2D eigenvalue weighted by molar-refractivity contribution is 5.99. The van der Waals surface area contributed by atoms with Crippen molar-refractivity contribution in [2.24, 2.45) is 11.3 Å². The number of piperidine rings is 2. The number of anilines is 1. The first-order valence-corrected chi connectivity index (χ1v) is 18.1. The molecule has 252 valence electrons. The minimum Gasteiger partial charge on any atom is -0.508 e. The second-order valence-electron chi connectivity index (χ2n) is 15.7. The first-order valence-electron chi connectivity index (χ1n) is 18.1. The Balaban J connectivity index is 0.802. The molecule has 0 radical (unpaired) electrons. The van der Waals surface area contributed by atoms with Gasteiger partial charge in [-0.2, -0.15) is 0 Å². The molecule has 0 aromatic heterocycles. The third-order valence-electron chi connectivity index (χ3n) is 13.0. The van der Waals surface area contributed by atoms with Crippen LogP contribution in [-0.2, 0) is 18.4 Å². The van der Waals surface area contributed by atoms with E-state index in [0.29, 0.717) is 17.6 Å². The lowest BCUT2D eigenvalue weighted by Crippen LogP contribution is -2.51. The number of phenols is 1. The Kier molecular flexibility index (Phi) is 7.19. The van der Waals surface area contributed by atoms with E-state index in [1.54, 1.807) is 19.2 Å². The summed E-state index contributed by atoms with van der Waals surface area (Å²) in [6.45, 7) is 6.50. The number of halogens is 1. The molecule has 8 heteroatoms. The molecule has 0 unspecified atom stereocenters. The summed E-state index contributed by atoms with van der Waals surface area (Å²) in [5, 5.41) is 13.0. The Labute approximate surface area is 282 Å². The van der Waals surface area contributed by atoms with Crippen LogP contribution in [0.3, 0.4) is 0 Å². The summed E-state index contributed by atoms with van der Waals surface area (Å²) in [7, 11) is 1.69. The number of fused-ring (bicyclic) bond motifs is 4. The van der Waals surface area contributed by atoms with Crippen LogP contribution in [0.5, 0.6) is 17.2 Å². The first-order chi connectivity index (χ1) is 23.3. The topological polar surface area (TPSA) is 74.3 Å². The van der Waals surface area contributed by atoms with Crippen LogP contribution in [0.25, 0.3) is 0 Å². The van der Waals surface area contributed by atoms with Crippen LogP contribution in [0.4, 0.5) is 10.1 Å². The molecule has 4 heterocycles. The number of nitrogens with one attached hydrogen (secondary N) is 1. The molecule has 6 aliphatic rings. The number of likely N-dealkylation sites (tertiary alicyclic amines) is 1. The monoisotopic (exact) mass is 651 g/mol. The lowest BCUT2D eigenvalue weighted by atomic mass is 9.57. The van der Waals surface area contributed by atoms with Crippen molar-refractivity contribution in [3.05, 3.63) is 81.7 Å². The number of aromatic hydroxyl groups is 1. The number of phenolic OH excluding ortho intramolecular Hbond substituents is 1. The summed E-state index contributed by atoms with van der Waals surface area (Å²) in [5.74, 6) is 2.63. The van der Waals surface area contributed by atoms with Gasteiger partial charge in [0.15, 0.2) is 0 Å². The summed E-state index contributed by atoms with van der Waals surface area (Å²) in [4.78, 5) is 17.1. The molecule has 4 aliphatic heterocycles. The van der Waals surface area contributed by atoms with E-state index < -0.39 is 0 Å². The number of hydrogen-bond donors (Lipinski definition) is 2. The number of rotatable bonds is 5. The fourth-order valence-electron chi connectivity index (χ4n) is 10.3. The van der Waals surface area contributed by atoms with Gasteiger partial charge in [-0.1, -0.05) is 6.07 Å². The highest BCUT2D eigenvalue weighted by Gasteiger charge is 2.48.